The Morgan fingerprint density at radius 1 is 1.59 bits per heavy atom. The van der Waals surface area contributed by atoms with Crippen molar-refractivity contribution < 1.29 is 9.53 Å². The molecule has 2 aliphatic rings. The molecule has 1 aromatic heterocycles. The van der Waals surface area contributed by atoms with Crippen molar-refractivity contribution in [3.8, 4) is 0 Å². The van der Waals surface area contributed by atoms with E-state index in [-0.39, 0.29) is 5.54 Å². The lowest BCUT2D eigenvalue weighted by atomic mass is 10.1. The summed E-state index contributed by atoms with van der Waals surface area (Å²) in [5.41, 5.74) is 7.96. The van der Waals surface area contributed by atoms with E-state index in [9.17, 15) is 4.79 Å². The summed E-state index contributed by atoms with van der Waals surface area (Å²) in [7, 11) is 2.07. The highest BCUT2D eigenvalue weighted by atomic mass is 16.6. The van der Waals surface area contributed by atoms with E-state index in [1.807, 2.05) is 0 Å². The number of hydrogen-bond acceptors (Lipinski definition) is 5. The van der Waals surface area contributed by atoms with Crippen LogP contribution in [0.15, 0.2) is 0 Å². The molecule has 3 rings (SSSR count). The molecule has 0 amide bonds. The maximum Gasteiger partial charge on any atom is 0.436 e. The molecule has 1 aromatic rings. The van der Waals surface area contributed by atoms with Gasteiger partial charge in [-0.05, 0) is 26.8 Å². The second kappa shape index (κ2) is 3.22. The summed E-state index contributed by atoms with van der Waals surface area (Å²) in [6.07, 6.45) is 1.70. The highest BCUT2D eigenvalue weighted by Crippen LogP contribution is 2.56. The minimum atomic E-state index is -0.488. The summed E-state index contributed by atoms with van der Waals surface area (Å²) >= 11 is 0. The molecule has 1 fully saturated rings. The first-order chi connectivity index (χ1) is 8.10. The summed E-state index contributed by atoms with van der Waals surface area (Å²) in [6, 6.07) is 0. The van der Waals surface area contributed by atoms with Gasteiger partial charge >= 0.3 is 6.09 Å². The fourth-order valence-corrected chi connectivity index (χ4v) is 2.62. The number of nitrogens with two attached hydrogens (primary N) is 1. The Bertz CT molecular complexity index is 490. The van der Waals surface area contributed by atoms with Crippen LogP contribution in [0.3, 0.4) is 0 Å². The van der Waals surface area contributed by atoms with E-state index >= 15 is 0 Å². The van der Waals surface area contributed by atoms with E-state index in [1.54, 1.807) is 6.92 Å². The smallest absolute Gasteiger partial charge is 0.436 e. The van der Waals surface area contributed by atoms with Crippen LogP contribution in [0.5, 0.6) is 0 Å². The molecule has 17 heavy (non-hydrogen) atoms. The quantitative estimate of drug-likeness (QED) is 0.784. The van der Waals surface area contributed by atoms with E-state index < -0.39 is 6.09 Å². The second-order valence-electron chi connectivity index (χ2n) is 4.71. The fourth-order valence-electron chi connectivity index (χ4n) is 2.62. The number of carbonyl (C=O) groups is 1. The molecule has 0 radical (unpaired) electrons. The van der Waals surface area contributed by atoms with Crippen molar-refractivity contribution in [1.29, 1.82) is 0 Å². The van der Waals surface area contributed by atoms with Crippen LogP contribution >= 0.6 is 0 Å². The van der Waals surface area contributed by atoms with Crippen molar-refractivity contribution in [2.75, 3.05) is 19.4 Å². The summed E-state index contributed by atoms with van der Waals surface area (Å²) in [5, 5.41) is 4.35. The first-order valence-corrected chi connectivity index (χ1v) is 5.86. The summed E-state index contributed by atoms with van der Waals surface area (Å²) in [6.45, 7) is 2.86. The van der Waals surface area contributed by atoms with E-state index in [0.29, 0.717) is 12.4 Å². The summed E-state index contributed by atoms with van der Waals surface area (Å²) < 4.78 is 6.12. The van der Waals surface area contributed by atoms with Gasteiger partial charge in [0.1, 0.15) is 5.82 Å². The van der Waals surface area contributed by atoms with Gasteiger partial charge in [-0.1, -0.05) is 0 Å². The molecular formula is C11H16N4O2. The second-order valence-corrected chi connectivity index (χ2v) is 4.71. The van der Waals surface area contributed by atoms with Gasteiger partial charge in [-0.3, -0.25) is 4.90 Å². The Kier molecular flexibility index (Phi) is 2.01. The zero-order valence-electron chi connectivity index (χ0n) is 10.1. The zero-order valence-corrected chi connectivity index (χ0v) is 10.1. The third-order valence-electron chi connectivity index (χ3n) is 3.75. The Balaban J connectivity index is 2.02. The zero-order chi connectivity index (χ0) is 12.2. The lowest BCUT2D eigenvalue weighted by Gasteiger charge is -2.18. The molecule has 1 aliphatic heterocycles. The van der Waals surface area contributed by atoms with Crippen molar-refractivity contribution in [1.82, 2.24) is 14.7 Å². The van der Waals surface area contributed by atoms with Crippen molar-refractivity contribution in [2.45, 2.75) is 31.8 Å². The van der Waals surface area contributed by atoms with Gasteiger partial charge in [-0.15, -0.1) is 4.68 Å². The summed E-state index contributed by atoms with van der Waals surface area (Å²) in [5.74, 6) is 0.425. The maximum absolute atomic E-state index is 11.7. The normalized spacial score (nSPS) is 20.6. The lowest BCUT2D eigenvalue weighted by molar-refractivity contribution is 0.150. The summed E-state index contributed by atoms with van der Waals surface area (Å²) in [4.78, 5) is 13.9. The van der Waals surface area contributed by atoms with Gasteiger partial charge in [-0.2, -0.15) is 5.10 Å². The molecule has 2 N–H and O–H groups in total. The average molecular weight is 236 g/mol. The number of rotatable bonds is 1. The molecule has 0 aromatic carbocycles. The molecule has 92 valence electrons. The van der Waals surface area contributed by atoms with Crippen LogP contribution in [0.1, 0.15) is 31.0 Å². The minimum absolute atomic E-state index is 0.0429. The van der Waals surface area contributed by atoms with Gasteiger partial charge in [0.2, 0.25) is 0 Å². The van der Waals surface area contributed by atoms with Crippen LogP contribution < -0.4 is 5.73 Å². The molecule has 6 heteroatoms. The number of fused-ring (bicyclic) bond motifs is 2. The molecule has 0 atom stereocenters. The van der Waals surface area contributed by atoms with Crippen molar-refractivity contribution in [3.63, 3.8) is 0 Å². The largest absolute Gasteiger partial charge is 0.448 e. The monoisotopic (exact) mass is 236 g/mol. The van der Waals surface area contributed by atoms with Gasteiger partial charge in [-0.25, -0.2) is 4.79 Å². The third-order valence-corrected chi connectivity index (χ3v) is 3.75. The van der Waals surface area contributed by atoms with Crippen LogP contribution in [-0.2, 0) is 16.8 Å². The Hall–Kier alpha value is -1.56. The number of aromatic nitrogens is 2. The van der Waals surface area contributed by atoms with Gasteiger partial charge in [0, 0.05) is 12.1 Å². The molecule has 0 bridgehead atoms. The fraction of sp³-hybridized carbons (Fsp3) is 0.636. The lowest BCUT2D eigenvalue weighted by Crippen LogP contribution is -2.26. The molecule has 1 spiro atoms. The van der Waals surface area contributed by atoms with E-state index in [1.165, 1.54) is 4.68 Å². The van der Waals surface area contributed by atoms with Gasteiger partial charge in [0.05, 0.1) is 17.8 Å². The maximum atomic E-state index is 11.7. The Morgan fingerprint density at radius 2 is 2.29 bits per heavy atom. The van der Waals surface area contributed by atoms with Gasteiger partial charge in [0.15, 0.2) is 0 Å². The molecular weight excluding hydrogens is 220 g/mol. The number of ether oxygens (including phenoxy) is 1. The Morgan fingerprint density at radius 3 is 2.88 bits per heavy atom. The number of nitrogen functional groups attached to an aromatic ring is 1. The molecule has 0 saturated heterocycles. The van der Waals surface area contributed by atoms with Gasteiger partial charge < -0.3 is 10.5 Å². The highest BCUT2D eigenvalue weighted by Gasteiger charge is 2.56. The average Bonchev–Trinajstić information content (AvgIpc) is 2.96. The first kappa shape index (κ1) is 10.6. The number of nitrogens with zero attached hydrogens (tertiary/aromatic N) is 3. The van der Waals surface area contributed by atoms with Crippen LogP contribution in [0.2, 0.25) is 0 Å². The highest BCUT2D eigenvalue weighted by molar-refractivity contribution is 5.75. The molecule has 2 heterocycles. The molecule has 1 aliphatic carbocycles. The minimum Gasteiger partial charge on any atom is -0.448 e. The van der Waals surface area contributed by atoms with E-state index in [2.05, 4.69) is 17.0 Å². The number of anilines is 1. The number of carbonyl (C=O) groups excluding carboxylic acids is 1. The molecule has 6 nitrogen and oxygen atoms in total. The third kappa shape index (κ3) is 1.24. The van der Waals surface area contributed by atoms with Crippen LogP contribution in [-0.4, -0.2) is 34.4 Å². The molecule has 0 unspecified atom stereocenters. The van der Waals surface area contributed by atoms with Crippen molar-refractivity contribution in [2.24, 2.45) is 0 Å². The van der Waals surface area contributed by atoms with Crippen LogP contribution in [0, 0.1) is 0 Å². The predicted molar refractivity (Wildman–Crippen MR) is 61.4 cm³/mol. The number of hydrogen-bond donors (Lipinski definition) is 1. The van der Waals surface area contributed by atoms with Crippen molar-refractivity contribution in [3.05, 3.63) is 11.3 Å². The van der Waals surface area contributed by atoms with Gasteiger partial charge in [0.25, 0.3) is 0 Å². The first-order valence-electron chi connectivity index (χ1n) is 5.86. The van der Waals surface area contributed by atoms with E-state index in [4.69, 9.17) is 10.5 Å². The Labute approximate surface area is 99.3 Å². The van der Waals surface area contributed by atoms with Crippen LogP contribution in [0.4, 0.5) is 10.6 Å². The van der Waals surface area contributed by atoms with Crippen LogP contribution in [0.25, 0.3) is 0 Å². The topological polar surface area (TPSA) is 73.4 Å². The SMILES string of the molecule is CCOC(=O)n1nc2c(c1N)CN(C)C21CC1. The van der Waals surface area contributed by atoms with E-state index in [0.717, 1.165) is 30.6 Å². The predicted octanol–water partition coefficient (Wildman–Crippen LogP) is 0.904. The molecule has 1 saturated carbocycles. The standard InChI is InChI=1S/C11H16N4O2/c1-3-17-10(16)15-9(12)7-6-14(2)11(4-5-11)8(7)13-15/h3-6,12H2,1-2H3. The van der Waals surface area contributed by atoms with Crippen molar-refractivity contribution >= 4 is 11.9 Å².